The fraction of sp³-hybridized carbons (Fsp3) is 0.227. The van der Waals surface area contributed by atoms with Crippen molar-refractivity contribution in [1.29, 1.82) is 0 Å². The first-order valence-electron chi connectivity index (χ1n) is 9.34. The standard InChI is InChI=1S/C22H22N2O5S/c1-29-18-10-6-5-9-16(18)12-19-21(27)24(22(28)30-19)13-20(26)23-17(14-25)11-15-7-3-2-4-8-15/h2-10,12,17,25H,11,13-14H2,1H3,(H,23,26)/b19-12-/t17-/m1/s1. The lowest BCUT2D eigenvalue weighted by molar-refractivity contribution is -0.129. The van der Waals surface area contributed by atoms with Crippen molar-refractivity contribution in [1.82, 2.24) is 10.2 Å². The molecule has 2 aromatic rings. The number of amides is 3. The molecule has 1 aliphatic heterocycles. The second-order valence-electron chi connectivity index (χ2n) is 6.65. The number of thioether (sulfide) groups is 1. The van der Waals surface area contributed by atoms with Crippen LogP contribution >= 0.6 is 11.8 Å². The third-order valence-corrected chi connectivity index (χ3v) is 5.42. The molecule has 3 rings (SSSR count). The molecule has 2 aromatic carbocycles. The van der Waals surface area contributed by atoms with Gasteiger partial charge in [-0.15, -0.1) is 0 Å². The number of carbonyl (C=O) groups excluding carboxylic acids is 3. The van der Waals surface area contributed by atoms with Gasteiger partial charge in [0.1, 0.15) is 12.3 Å². The molecule has 1 fully saturated rings. The number of hydrogen-bond donors (Lipinski definition) is 2. The lowest BCUT2D eigenvalue weighted by Crippen LogP contribution is -2.45. The Hall–Kier alpha value is -3.10. The molecule has 0 radical (unpaired) electrons. The van der Waals surface area contributed by atoms with Crippen LogP contribution in [0.4, 0.5) is 4.79 Å². The molecule has 7 nitrogen and oxygen atoms in total. The number of nitrogens with one attached hydrogen (secondary N) is 1. The van der Waals surface area contributed by atoms with Crippen LogP contribution in [0.1, 0.15) is 11.1 Å². The minimum atomic E-state index is -0.533. The van der Waals surface area contributed by atoms with Gasteiger partial charge in [0.05, 0.1) is 24.7 Å². The lowest BCUT2D eigenvalue weighted by Gasteiger charge is -2.18. The largest absolute Gasteiger partial charge is 0.496 e. The highest BCUT2D eigenvalue weighted by Crippen LogP contribution is 2.33. The van der Waals surface area contributed by atoms with E-state index in [9.17, 15) is 19.5 Å². The minimum absolute atomic E-state index is 0.222. The maximum atomic E-state index is 12.6. The summed E-state index contributed by atoms with van der Waals surface area (Å²) < 4.78 is 5.26. The van der Waals surface area contributed by atoms with Crippen molar-refractivity contribution in [3.8, 4) is 5.75 Å². The van der Waals surface area contributed by atoms with Gasteiger partial charge in [-0.3, -0.25) is 19.3 Å². The molecule has 2 N–H and O–H groups in total. The Morgan fingerprint density at radius 3 is 2.57 bits per heavy atom. The van der Waals surface area contributed by atoms with Crippen LogP contribution in [0.5, 0.6) is 5.75 Å². The molecule has 1 saturated heterocycles. The summed E-state index contributed by atoms with van der Waals surface area (Å²) in [5, 5.41) is 11.7. The molecule has 1 heterocycles. The van der Waals surface area contributed by atoms with Gasteiger partial charge in [0, 0.05) is 5.56 Å². The highest BCUT2D eigenvalue weighted by atomic mass is 32.2. The Bertz CT molecular complexity index is 961. The number of methoxy groups -OCH3 is 1. The van der Waals surface area contributed by atoms with Gasteiger partial charge in [-0.2, -0.15) is 0 Å². The second kappa shape index (κ2) is 10.1. The first-order chi connectivity index (χ1) is 14.5. The molecule has 0 spiro atoms. The Morgan fingerprint density at radius 2 is 1.87 bits per heavy atom. The molecule has 3 amide bonds. The van der Waals surface area contributed by atoms with Gasteiger partial charge in [-0.05, 0) is 35.9 Å². The smallest absolute Gasteiger partial charge is 0.294 e. The van der Waals surface area contributed by atoms with Gasteiger partial charge in [-0.1, -0.05) is 48.5 Å². The van der Waals surface area contributed by atoms with E-state index < -0.39 is 29.6 Å². The van der Waals surface area contributed by atoms with E-state index in [2.05, 4.69) is 5.32 Å². The van der Waals surface area contributed by atoms with Crippen LogP contribution in [0, 0.1) is 0 Å². The normalized spacial score (nSPS) is 16.1. The number of imide groups is 1. The number of rotatable bonds is 8. The number of para-hydroxylation sites is 1. The molecule has 0 saturated carbocycles. The Kier molecular flexibility index (Phi) is 7.26. The van der Waals surface area contributed by atoms with Crippen molar-refractivity contribution < 1.29 is 24.2 Å². The summed E-state index contributed by atoms with van der Waals surface area (Å²) in [6.45, 7) is -0.657. The summed E-state index contributed by atoms with van der Waals surface area (Å²) in [5.74, 6) is -0.464. The fourth-order valence-corrected chi connectivity index (χ4v) is 3.87. The number of carbonyl (C=O) groups is 3. The SMILES string of the molecule is COc1ccccc1/C=C1\SC(=O)N(CC(=O)N[C@@H](CO)Cc2ccccc2)C1=O. The number of ether oxygens (including phenoxy) is 1. The van der Waals surface area contributed by atoms with E-state index >= 15 is 0 Å². The van der Waals surface area contributed by atoms with Crippen molar-refractivity contribution in [2.24, 2.45) is 0 Å². The van der Waals surface area contributed by atoms with E-state index in [1.54, 1.807) is 30.3 Å². The monoisotopic (exact) mass is 426 g/mol. The summed E-state index contributed by atoms with van der Waals surface area (Å²) in [6, 6.07) is 16.0. The summed E-state index contributed by atoms with van der Waals surface area (Å²) in [7, 11) is 1.52. The van der Waals surface area contributed by atoms with Gasteiger partial charge in [-0.25, -0.2) is 0 Å². The van der Waals surface area contributed by atoms with Crippen LogP contribution in [0.15, 0.2) is 59.5 Å². The van der Waals surface area contributed by atoms with Gasteiger partial charge in [0.2, 0.25) is 5.91 Å². The average molecular weight is 426 g/mol. The van der Waals surface area contributed by atoms with Crippen LogP contribution in [0.25, 0.3) is 6.08 Å². The van der Waals surface area contributed by atoms with Crippen LogP contribution in [-0.2, 0) is 16.0 Å². The summed E-state index contributed by atoms with van der Waals surface area (Å²) in [5.41, 5.74) is 1.63. The van der Waals surface area contributed by atoms with Crippen LogP contribution < -0.4 is 10.1 Å². The van der Waals surface area contributed by atoms with Gasteiger partial charge in [0.25, 0.3) is 11.1 Å². The topological polar surface area (TPSA) is 95.9 Å². The van der Waals surface area contributed by atoms with Crippen LogP contribution in [0.2, 0.25) is 0 Å². The van der Waals surface area contributed by atoms with E-state index in [0.29, 0.717) is 17.7 Å². The number of aliphatic hydroxyl groups is 1. The van der Waals surface area contributed by atoms with Gasteiger partial charge >= 0.3 is 0 Å². The Balaban J connectivity index is 1.64. The van der Waals surface area contributed by atoms with Gasteiger partial charge < -0.3 is 15.2 Å². The number of benzene rings is 2. The quantitative estimate of drug-likeness (QED) is 0.630. The average Bonchev–Trinajstić information content (AvgIpc) is 3.01. The van der Waals surface area contributed by atoms with Gasteiger partial charge in [0.15, 0.2) is 0 Å². The lowest BCUT2D eigenvalue weighted by atomic mass is 10.1. The molecule has 0 aliphatic carbocycles. The zero-order valence-corrected chi connectivity index (χ0v) is 17.2. The fourth-order valence-electron chi connectivity index (χ4n) is 3.04. The molecule has 0 unspecified atom stereocenters. The zero-order chi connectivity index (χ0) is 21.5. The number of nitrogens with zero attached hydrogens (tertiary/aromatic N) is 1. The summed E-state index contributed by atoms with van der Waals surface area (Å²) in [4.78, 5) is 38.5. The first kappa shape index (κ1) is 21.6. The third-order valence-electron chi connectivity index (χ3n) is 4.51. The van der Waals surface area contributed by atoms with E-state index in [1.165, 1.54) is 7.11 Å². The Labute approximate surface area is 178 Å². The highest BCUT2D eigenvalue weighted by Gasteiger charge is 2.36. The maximum absolute atomic E-state index is 12.6. The maximum Gasteiger partial charge on any atom is 0.294 e. The van der Waals surface area contributed by atoms with Crippen LogP contribution in [0.3, 0.4) is 0 Å². The summed E-state index contributed by atoms with van der Waals surface area (Å²) in [6.07, 6.45) is 2.02. The van der Waals surface area contributed by atoms with Crippen molar-refractivity contribution >= 4 is 34.9 Å². The predicted molar refractivity (Wildman–Crippen MR) is 115 cm³/mol. The van der Waals surface area contributed by atoms with E-state index in [-0.39, 0.29) is 11.5 Å². The van der Waals surface area contributed by atoms with Crippen molar-refractivity contribution in [3.63, 3.8) is 0 Å². The molecule has 0 bridgehead atoms. The molecule has 156 valence electrons. The number of hydrogen-bond acceptors (Lipinski definition) is 6. The van der Waals surface area contributed by atoms with Crippen molar-refractivity contribution in [2.45, 2.75) is 12.5 Å². The Morgan fingerprint density at radius 1 is 1.17 bits per heavy atom. The molecule has 1 atom stereocenters. The highest BCUT2D eigenvalue weighted by molar-refractivity contribution is 8.18. The molecule has 1 aliphatic rings. The second-order valence-corrected chi connectivity index (χ2v) is 7.64. The minimum Gasteiger partial charge on any atom is -0.496 e. The third kappa shape index (κ3) is 5.28. The number of aliphatic hydroxyl groups excluding tert-OH is 1. The zero-order valence-electron chi connectivity index (χ0n) is 16.4. The van der Waals surface area contributed by atoms with Crippen molar-refractivity contribution in [3.05, 3.63) is 70.6 Å². The first-order valence-corrected chi connectivity index (χ1v) is 10.2. The van der Waals surface area contributed by atoms with Crippen molar-refractivity contribution in [2.75, 3.05) is 20.3 Å². The predicted octanol–water partition coefficient (Wildman–Crippen LogP) is 2.45. The van der Waals surface area contributed by atoms with E-state index in [1.807, 2.05) is 30.3 Å². The van der Waals surface area contributed by atoms with E-state index in [0.717, 1.165) is 22.2 Å². The molecule has 8 heteroatoms. The molecular weight excluding hydrogens is 404 g/mol. The van der Waals surface area contributed by atoms with E-state index in [4.69, 9.17) is 4.74 Å². The summed E-state index contributed by atoms with van der Waals surface area (Å²) >= 11 is 0.779. The molecular formula is C22H22N2O5S. The molecule has 0 aromatic heterocycles. The molecule has 30 heavy (non-hydrogen) atoms. The van der Waals surface area contributed by atoms with Crippen LogP contribution in [-0.4, -0.2) is 53.4 Å².